The minimum Gasteiger partial charge on any atom is -0.364 e. The van der Waals surface area contributed by atoms with Crippen molar-refractivity contribution < 1.29 is 8.95 Å². The van der Waals surface area contributed by atoms with Gasteiger partial charge in [0.15, 0.2) is 0 Å². The number of hydrogen-bond donors (Lipinski definition) is 0. The Labute approximate surface area is 147 Å². The Morgan fingerprint density at radius 1 is 1.12 bits per heavy atom. The largest absolute Gasteiger partial charge is 0.364 e. The van der Waals surface area contributed by atoms with Crippen molar-refractivity contribution in [3.63, 3.8) is 0 Å². The van der Waals surface area contributed by atoms with Gasteiger partial charge in [-0.05, 0) is 37.1 Å². The molecule has 1 aliphatic rings. The monoisotopic (exact) mass is 340 g/mol. The van der Waals surface area contributed by atoms with Gasteiger partial charge in [0.25, 0.3) is 0 Å². The van der Waals surface area contributed by atoms with Crippen LogP contribution in [0.1, 0.15) is 37.3 Å². The first-order valence-corrected chi connectivity index (χ1v) is 9.74. The highest BCUT2D eigenvalue weighted by Gasteiger charge is 2.43. The predicted octanol–water partition coefficient (Wildman–Crippen LogP) is 5.10. The highest BCUT2D eigenvalue weighted by atomic mass is 32.2. The van der Waals surface area contributed by atoms with Crippen LogP contribution in [-0.4, -0.2) is 16.4 Å². The van der Waals surface area contributed by atoms with E-state index >= 15 is 0 Å². The summed E-state index contributed by atoms with van der Waals surface area (Å²) in [6, 6.07) is 18.0. The quantitative estimate of drug-likeness (QED) is 0.656. The van der Waals surface area contributed by atoms with Gasteiger partial charge in [0.05, 0.1) is 21.8 Å². The van der Waals surface area contributed by atoms with Crippen LogP contribution < -0.4 is 0 Å². The molecule has 3 heteroatoms. The minimum absolute atomic E-state index is 0.0149. The van der Waals surface area contributed by atoms with Crippen LogP contribution in [0.2, 0.25) is 0 Å². The van der Waals surface area contributed by atoms with Crippen molar-refractivity contribution in [3.8, 4) is 0 Å². The molecule has 126 valence electrons. The molecule has 0 aromatic heterocycles. The summed E-state index contributed by atoms with van der Waals surface area (Å²) in [5, 5.41) is 0. The summed E-state index contributed by atoms with van der Waals surface area (Å²) in [7, 11) is -1.19. The van der Waals surface area contributed by atoms with E-state index in [9.17, 15) is 4.21 Å². The fourth-order valence-corrected chi connectivity index (χ4v) is 4.09. The molecule has 2 aromatic rings. The minimum atomic E-state index is -1.19. The number of epoxide rings is 1. The van der Waals surface area contributed by atoms with Crippen molar-refractivity contribution >= 4 is 16.9 Å². The smallest absolute Gasteiger partial charge is 0.118 e. The average Bonchev–Trinajstić information content (AvgIpc) is 3.38. The summed E-state index contributed by atoms with van der Waals surface area (Å²) >= 11 is 0. The molecule has 1 saturated heterocycles. The third-order valence-corrected chi connectivity index (χ3v) is 5.74. The summed E-state index contributed by atoms with van der Waals surface area (Å²) in [5.74, 6) is 0. The second-order valence-corrected chi connectivity index (χ2v) is 7.76. The molecular weight excluding hydrogens is 316 g/mol. The van der Waals surface area contributed by atoms with Crippen LogP contribution in [0, 0.1) is 6.92 Å². The molecule has 1 fully saturated rings. The highest BCUT2D eigenvalue weighted by Crippen LogP contribution is 2.37. The van der Waals surface area contributed by atoms with Crippen LogP contribution in [0.4, 0.5) is 0 Å². The maximum Gasteiger partial charge on any atom is 0.118 e. The van der Waals surface area contributed by atoms with E-state index in [0.29, 0.717) is 0 Å². The molecule has 1 heterocycles. The van der Waals surface area contributed by atoms with Crippen molar-refractivity contribution in [1.29, 1.82) is 0 Å². The second-order valence-electron chi connectivity index (χ2n) is 6.28. The lowest BCUT2D eigenvalue weighted by atomic mass is 10.1. The van der Waals surface area contributed by atoms with Crippen LogP contribution in [0.5, 0.6) is 0 Å². The Kier molecular flexibility index (Phi) is 5.64. The first-order valence-electron chi connectivity index (χ1n) is 8.59. The number of unbranched alkanes of at least 4 members (excludes halogenated alkanes) is 1. The first kappa shape index (κ1) is 17.1. The predicted molar refractivity (Wildman–Crippen MR) is 100 cm³/mol. The van der Waals surface area contributed by atoms with E-state index < -0.39 is 10.8 Å². The van der Waals surface area contributed by atoms with E-state index in [1.807, 2.05) is 67.6 Å². The molecule has 24 heavy (non-hydrogen) atoms. The Bertz CT molecular complexity index is 719. The molecule has 0 N–H and O–H groups in total. The standard InChI is InChI=1S/C21H24O2S/c1-3-4-10-19-21(23-19)20(15-17-8-6-5-7-9-17)24(22)18-13-11-16(2)12-14-18/h5-9,11-15,19,21H,3-4,10H2,1-2H3/b20-15+/t19-,21+,24?/m1/s1. The lowest BCUT2D eigenvalue weighted by Gasteiger charge is -2.07. The molecule has 0 aliphatic carbocycles. The number of ether oxygens (including phenoxy) is 1. The number of rotatable bonds is 7. The fraction of sp³-hybridized carbons (Fsp3) is 0.333. The molecule has 3 rings (SSSR count). The van der Waals surface area contributed by atoms with Gasteiger partial charge in [-0.1, -0.05) is 67.8 Å². The van der Waals surface area contributed by atoms with Gasteiger partial charge >= 0.3 is 0 Å². The molecule has 0 saturated carbocycles. The normalized spacial score (nSPS) is 21.5. The summed E-state index contributed by atoms with van der Waals surface area (Å²) in [6.45, 7) is 4.22. The molecule has 1 aliphatic heterocycles. The first-order chi connectivity index (χ1) is 11.7. The fourth-order valence-electron chi connectivity index (χ4n) is 2.77. The lowest BCUT2D eigenvalue weighted by molar-refractivity contribution is 0.374. The zero-order valence-corrected chi connectivity index (χ0v) is 15.1. The summed E-state index contributed by atoms with van der Waals surface area (Å²) < 4.78 is 19.0. The second kappa shape index (κ2) is 7.91. The van der Waals surface area contributed by atoms with Crippen LogP contribution in [0.3, 0.4) is 0 Å². The van der Waals surface area contributed by atoms with Gasteiger partial charge in [0.2, 0.25) is 0 Å². The van der Waals surface area contributed by atoms with Crippen molar-refractivity contribution in [2.75, 3.05) is 0 Å². The number of aryl methyl sites for hydroxylation is 1. The maximum absolute atomic E-state index is 13.1. The zero-order valence-electron chi connectivity index (χ0n) is 14.3. The number of benzene rings is 2. The number of hydrogen-bond acceptors (Lipinski definition) is 2. The molecule has 2 aromatic carbocycles. The maximum atomic E-state index is 13.1. The van der Waals surface area contributed by atoms with E-state index in [4.69, 9.17) is 4.74 Å². The molecule has 3 atom stereocenters. The highest BCUT2D eigenvalue weighted by molar-refractivity contribution is 7.89. The SMILES string of the molecule is CCCC[C@H]1O[C@@H]1/C(=C\c1ccccc1)S(=O)c1ccc(C)cc1. The van der Waals surface area contributed by atoms with Gasteiger partial charge in [-0.15, -0.1) is 0 Å². The van der Waals surface area contributed by atoms with Crippen molar-refractivity contribution in [2.24, 2.45) is 0 Å². The Morgan fingerprint density at radius 2 is 1.83 bits per heavy atom. The average molecular weight is 340 g/mol. The van der Waals surface area contributed by atoms with E-state index in [2.05, 4.69) is 6.92 Å². The topological polar surface area (TPSA) is 29.6 Å². The van der Waals surface area contributed by atoms with Gasteiger partial charge in [-0.2, -0.15) is 0 Å². The molecule has 2 nitrogen and oxygen atoms in total. The van der Waals surface area contributed by atoms with Gasteiger partial charge < -0.3 is 4.74 Å². The molecule has 1 unspecified atom stereocenters. The Hall–Kier alpha value is -1.71. The third kappa shape index (κ3) is 4.22. The lowest BCUT2D eigenvalue weighted by Crippen LogP contribution is -2.06. The van der Waals surface area contributed by atoms with Crippen molar-refractivity contribution in [2.45, 2.75) is 50.2 Å². The van der Waals surface area contributed by atoms with E-state index in [1.165, 1.54) is 5.56 Å². The summed E-state index contributed by atoms with van der Waals surface area (Å²) in [4.78, 5) is 1.72. The van der Waals surface area contributed by atoms with Crippen LogP contribution in [-0.2, 0) is 15.5 Å². The van der Waals surface area contributed by atoms with Crippen molar-refractivity contribution in [3.05, 3.63) is 70.6 Å². The molecule has 0 spiro atoms. The van der Waals surface area contributed by atoms with Gasteiger partial charge in [0.1, 0.15) is 6.10 Å². The van der Waals surface area contributed by atoms with E-state index in [0.717, 1.165) is 34.6 Å². The van der Waals surface area contributed by atoms with Crippen LogP contribution >= 0.6 is 0 Å². The van der Waals surface area contributed by atoms with Crippen LogP contribution in [0.15, 0.2) is 64.4 Å². The van der Waals surface area contributed by atoms with Gasteiger partial charge in [-0.3, -0.25) is 0 Å². The Morgan fingerprint density at radius 3 is 2.50 bits per heavy atom. The molecule has 0 radical (unpaired) electrons. The van der Waals surface area contributed by atoms with Gasteiger partial charge in [0, 0.05) is 4.90 Å². The van der Waals surface area contributed by atoms with Crippen molar-refractivity contribution in [1.82, 2.24) is 0 Å². The van der Waals surface area contributed by atoms with E-state index in [1.54, 1.807) is 0 Å². The van der Waals surface area contributed by atoms with Gasteiger partial charge in [-0.25, -0.2) is 4.21 Å². The summed E-state index contributed by atoms with van der Waals surface area (Å²) in [6.07, 6.45) is 5.58. The zero-order chi connectivity index (χ0) is 16.9. The molecule has 0 amide bonds. The molecular formula is C21H24O2S. The Balaban J connectivity index is 1.86. The van der Waals surface area contributed by atoms with E-state index in [-0.39, 0.29) is 12.2 Å². The molecule has 0 bridgehead atoms. The van der Waals surface area contributed by atoms with Crippen LogP contribution in [0.25, 0.3) is 6.08 Å². The summed E-state index contributed by atoms with van der Waals surface area (Å²) in [5.41, 5.74) is 2.24. The third-order valence-electron chi connectivity index (χ3n) is 4.26.